The number of H-pyrrole nitrogens is 1. The Morgan fingerprint density at radius 3 is 2.77 bits per heavy atom. The van der Waals surface area contributed by atoms with E-state index < -0.39 is 56.4 Å². The van der Waals surface area contributed by atoms with Gasteiger partial charge in [-0.15, -0.1) is 0 Å². The first-order chi connectivity index (χ1) is 20.6. The van der Waals surface area contributed by atoms with E-state index in [1.807, 2.05) is 6.07 Å². The number of aromatic nitrogens is 6. The van der Waals surface area contributed by atoms with Crippen molar-refractivity contribution in [2.24, 2.45) is 5.11 Å². The first-order valence-electron chi connectivity index (χ1n) is 13.2. The zero-order valence-corrected chi connectivity index (χ0v) is 23.6. The van der Waals surface area contributed by atoms with Crippen molar-refractivity contribution in [1.29, 1.82) is 5.26 Å². The average Bonchev–Trinajstić information content (AvgIpc) is 3.71. The van der Waals surface area contributed by atoms with Crippen LogP contribution in [0.5, 0.6) is 0 Å². The summed E-state index contributed by atoms with van der Waals surface area (Å²) in [6, 6.07) is 1.14. The number of imidazole rings is 1. The third-order valence-electron chi connectivity index (χ3n) is 7.10. The van der Waals surface area contributed by atoms with Gasteiger partial charge in [-0.25, -0.2) is 19.3 Å². The summed E-state index contributed by atoms with van der Waals surface area (Å²) >= 11 is 0. The molecule has 1 unspecified atom stereocenters. The SMILES string of the molecule is Cc1cn([C@H]2C[C@H](N=[N+]=[N-])[C@@H](COP(=O)(O)OC[C@@H]3CC[C@H](n4cnc5c(=O)n(CCC#N)cnc54)O3)O2)c(=O)[nH]c1=O. The Bertz CT molecular complexity index is 1820. The highest BCUT2D eigenvalue weighted by molar-refractivity contribution is 7.47. The van der Waals surface area contributed by atoms with E-state index in [4.69, 9.17) is 29.3 Å². The third-order valence-corrected chi connectivity index (χ3v) is 8.05. The van der Waals surface area contributed by atoms with Gasteiger partial charge in [0.2, 0.25) is 0 Å². The summed E-state index contributed by atoms with van der Waals surface area (Å²) in [5.74, 6) is 0. The molecular formula is C23H27N10O9P. The van der Waals surface area contributed by atoms with Crippen LogP contribution in [0.15, 0.2) is 38.3 Å². The van der Waals surface area contributed by atoms with Crippen LogP contribution >= 0.6 is 7.82 Å². The van der Waals surface area contributed by atoms with Gasteiger partial charge < -0.3 is 14.4 Å². The van der Waals surface area contributed by atoms with E-state index in [0.717, 1.165) is 4.57 Å². The van der Waals surface area contributed by atoms with E-state index in [0.29, 0.717) is 18.5 Å². The third kappa shape index (κ3) is 6.60. The molecule has 43 heavy (non-hydrogen) atoms. The molecule has 5 heterocycles. The highest BCUT2D eigenvalue weighted by atomic mass is 31.2. The Morgan fingerprint density at radius 2 is 2.00 bits per heavy atom. The molecule has 2 aliphatic heterocycles. The van der Waals surface area contributed by atoms with Gasteiger partial charge in [-0.2, -0.15) is 5.26 Å². The van der Waals surface area contributed by atoms with E-state index in [-0.39, 0.29) is 42.6 Å². The summed E-state index contributed by atoms with van der Waals surface area (Å²) in [5, 5.41) is 12.4. The number of hydrogen-bond acceptors (Lipinski definition) is 12. The standard InChI is InChI=1S/C23H27N10O9P/c1-13-8-32(23(36)28-21(13)34)18-7-15(29-30-25)16(42-18)10-40-43(37,38)39-9-14-3-4-17(41-14)33-12-26-19-20(33)27-11-31(22(19)35)6-2-5-24/h8,11-12,14-18H,2-4,6-7,9-10H2,1H3,(H,37,38)(H,28,34,36)/t14-,15-,16+,17+,18+/m0/s1. The fourth-order valence-electron chi connectivity index (χ4n) is 4.91. The van der Waals surface area contributed by atoms with E-state index in [1.165, 1.54) is 30.3 Å². The normalized spacial score (nSPS) is 24.9. The number of nitriles is 1. The molecule has 20 heteroatoms. The molecular weight excluding hydrogens is 591 g/mol. The molecule has 5 rings (SSSR count). The molecule has 0 saturated carbocycles. The summed E-state index contributed by atoms with van der Waals surface area (Å²) < 4.78 is 38.7. The molecule has 2 saturated heterocycles. The average molecular weight is 619 g/mol. The number of aryl methyl sites for hydroxylation is 2. The number of nitrogens with zero attached hydrogens (tertiary/aromatic N) is 9. The first-order valence-corrected chi connectivity index (χ1v) is 14.7. The van der Waals surface area contributed by atoms with Crippen LogP contribution in [0.4, 0.5) is 0 Å². The van der Waals surface area contributed by atoms with Crippen molar-refractivity contribution in [2.45, 2.75) is 69.9 Å². The van der Waals surface area contributed by atoms with Crippen molar-refractivity contribution in [1.82, 2.24) is 28.7 Å². The lowest BCUT2D eigenvalue weighted by molar-refractivity contribution is -0.0375. The molecule has 2 aliphatic rings. The van der Waals surface area contributed by atoms with Gasteiger partial charge in [0.15, 0.2) is 11.2 Å². The van der Waals surface area contributed by atoms with Crippen molar-refractivity contribution >= 4 is 19.0 Å². The van der Waals surface area contributed by atoms with Gasteiger partial charge in [-0.3, -0.25) is 37.3 Å². The van der Waals surface area contributed by atoms with Crippen LogP contribution in [0.3, 0.4) is 0 Å². The highest BCUT2D eigenvalue weighted by Crippen LogP contribution is 2.45. The van der Waals surface area contributed by atoms with Crippen LogP contribution in [-0.4, -0.2) is 65.0 Å². The number of ether oxygens (including phenoxy) is 2. The molecule has 3 aromatic heterocycles. The van der Waals surface area contributed by atoms with Crippen LogP contribution in [0, 0.1) is 18.3 Å². The number of phosphoric acid groups is 1. The minimum Gasteiger partial charge on any atom is -0.352 e. The van der Waals surface area contributed by atoms with E-state index in [9.17, 15) is 23.8 Å². The van der Waals surface area contributed by atoms with Crippen LogP contribution in [0.2, 0.25) is 0 Å². The van der Waals surface area contributed by atoms with E-state index in [1.54, 1.807) is 4.57 Å². The Labute approximate surface area is 241 Å². The predicted octanol–water partition coefficient (Wildman–Crippen LogP) is 1.14. The molecule has 2 N–H and O–H groups in total. The van der Waals surface area contributed by atoms with Crippen molar-refractivity contribution in [2.75, 3.05) is 13.2 Å². The zero-order chi connectivity index (χ0) is 30.7. The molecule has 0 aromatic carbocycles. The number of nitrogens with one attached hydrogen (secondary N) is 1. The maximum atomic E-state index is 12.6. The smallest absolute Gasteiger partial charge is 0.352 e. The number of azide groups is 1. The van der Waals surface area contributed by atoms with E-state index >= 15 is 0 Å². The van der Waals surface area contributed by atoms with Gasteiger partial charge in [0, 0.05) is 29.6 Å². The Balaban J connectivity index is 1.16. The first kappa shape index (κ1) is 30.3. The summed E-state index contributed by atoms with van der Waals surface area (Å²) in [7, 11) is -4.61. The zero-order valence-electron chi connectivity index (χ0n) is 22.8. The van der Waals surface area contributed by atoms with Crippen LogP contribution in [-0.2, 0) is 29.6 Å². The maximum absolute atomic E-state index is 12.6. The monoisotopic (exact) mass is 618 g/mol. The quantitative estimate of drug-likeness (QED) is 0.133. The molecule has 6 atom stereocenters. The second kappa shape index (κ2) is 12.6. The molecule has 0 bridgehead atoms. The molecule has 0 spiro atoms. The number of fused-ring (bicyclic) bond motifs is 1. The van der Waals surface area contributed by atoms with Crippen molar-refractivity contribution in [3.05, 3.63) is 66.0 Å². The van der Waals surface area contributed by atoms with Gasteiger partial charge in [0.25, 0.3) is 11.1 Å². The molecule has 0 radical (unpaired) electrons. The lowest BCUT2D eigenvalue weighted by Crippen LogP contribution is -2.33. The predicted molar refractivity (Wildman–Crippen MR) is 144 cm³/mol. The second-order valence-corrected chi connectivity index (χ2v) is 11.4. The van der Waals surface area contributed by atoms with Gasteiger partial charge in [0.1, 0.15) is 18.8 Å². The number of rotatable bonds is 11. The Morgan fingerprint density at radius 1 is 1.21 bits per heavy atom. The fraction of sp³-hybridized carbons (Fsp3) is 0.565. The topological polar surface area (TPSA) is 254 Å². The van der Waals surface area contributed by atoms with Crippen molar-refractivity contribution in [3.8, 4) is 6.07 Å². The highest BCUT2D eigenvalue weighted by Gasteiger charge is 2.39. The van der Waals surface area contributed by atoms with Crippen molar-refractivity contribution in [3.63, 3.8) is 0 Å². The van der Waals surface area contributed by atoms with Crippen LogP contribution in [0.25, 0.3) is 21.6 Å². The lowest BCUT2D eigenvalue weighted by Gasteiger charge is -2.20. The second-order valence-electron chi connectivity index (χ2n) is 9.94. The van der Waals surface area contributed by atoms with E-state index in [2.05, 4.69) is 25.0 Å². The minimum atomic E-state index is -4.61. The molecule has 2 fully saturated rings. The van der Waals surface area contributed by atoms with Gasteiger partial charge >= 0.3 is 13.5 Å². The Hall–Kier alpha value is -4.14. The summed E-state index contributed by atoms with van der Waals surface area (Å²) in [6.45, 7) is 0.932. The fourth-order valence-corrected chi connectivity index (χ4v) is 5.67. The van der Waals surface area contributed by atoms with Crippen LogP contribution in [0.1, 0.15) is 43.7 Å². The number of hydrogen-bond donors (Lipinski definition) is 2. The maximum Gasteiger partial charge on any atom is 0.472 e. The molecule has 3 aromatic rings. The van der Waals surface area contributed by atoms with Crippen molar-refractivity contribution < 1.29 is 28.0 Å². The van der Waals surface area contributed by atoms with Gasteiger partial charge in [-0.05, 0) is 25.3 Å². The molecule has 19 nitrogen and oxygen atoms in total. The lowest BCUT2D eigenvalue weighted by atomic mass is 10.1. The van der Waals surface area contributed by atoms with Gasteiger partial charge in [-0.1, -0.05) is 5.11 Å². The largest absolute Gasteiger partial charge is 0.472 e. The molecule has 228 valence electrons. The summed E-state index contributed by atoms with van der Waals surface area (Å²) in [6.07, 6.45) is 2.22. The number of aromatic amines is 1. The summed E-state index contributed by atoms with van der Waals surface area (Å²) in [4.78, 5) is 60.2. The Kier molecular flexibility index (Phi) is 8.89. The van der Waals surface area contributed by atoms with Crippen LogP contribution < -0.4 is 16.8 Å². The van der Waals surface area contributed by atoms with Gasteiger partial charge in [0.05, 0.1) is 50.3 Å². The minimum absolute atomic E-state index is 0.0584. The molecule has 0 amide bonds. The summed E-state index contributed by atoms with van der Waals surface area (Å²) in [5.41, 5.74) is 8.00. The molecule has 0 aliphatic carbocycles. The number of phosphoric ester groups is 1.